The van der Waals surface area contributed by atoms with Gasteiger partial charge in [0.15, 0.2) is 0 Å². The third-order valence-electron chi connectivity index (χ3n) is 3.93. The summed E-state index contributed by atoms with van der Waals surface area (Å²) in [4.78, 5) is 22.3. The van der Waals surface area contributed by atoms with Gasteiger partial charge in [-0.1, -0.05) is 6.07 Å². The molecule has 1 aromatic heterocycles. The number of carbonyl (C=O) groups is 1. The van der Waals surface area contributed by atoms with Gasteiger partial charge in [0.05, 0.1) is 23.8 Å². The molecule has 0 unspecified atom stereocenters. The minimum atomic E-state index is -0.536. The van der Waals surface area contributed by atoms with Crippen LogP contribution >= 0.6 is 0 Å². The number of hydrogen-bond donors (Lipinski definition) is 3. The maximum atomic E-state index is 14.0. The highest BCUT2D eigenvalue weighted by atomic mass is 19.1. The van der Waals surface area contributed by atoms with Gasteiger partial charge >= 0.3 is 6.03 Å². The van der Waals surface area contributed by atoms with Crippen LogP contribution in [-0.2, 0) is 6.54 Å². The van der Waals surface area contributed by atoms with Gasteiger partial charge in [0.2, 0.25) is 0 Å². The third kappa shape index (κ3) is 4.94. The van der Waals surface area contributed by atoms with E-state index in [0.717, 1.165) is 38.3 Å². The van der Waals surface area contributed by atoms with E-state index in [1.807, 2.05) is 0 Å². The van der Waals surface area contributed by atoms with Gasteiger partial charge in [-0.25, -0.2) is 19.2 Å². The number of hydrogen-bond acceptors (Lipinski definition) is 5. The SMILES string of the molecule is Cc1ncc(NC(=O)Nc2cc(CN3CCNCC3)ccc2F)cn1. The van der Waals surface area contributed by atoms with Crippen LogP contribution in [-0.4, -0.2) is 47.1 Å². The molecule has 0 spiro atoms. The molecule has 0 aliphatic carbocycles. The molecule has 1 aromatic carbocycles. The Kier molecular flexibility index (Phi) is 5.52. The molecule has 1 fully saturated rings. The van der Waals surface area contributed by atoms with Crippen molar-refractivity contribution in [3.63, 3.8) is 0 Å². The van der Waals surface area contributed by atoms with Crippen molar-refractivity contribution in [3.05, 3.63) is 47.8 Å². The quantitative estimate of drug-likeness (QED) is 0.790. The van der Waals surface area contributed by atoms with Gasteiger partial charge in [-0.15, -0.1) is 0 Å². The fourth-order valence-corrected chi connectivity index (χ4v) is 2.64. The van der Waals surface area contributed by atoms with Crippen molar-refractivity contribution < 1.29 is 9.18 Å². The molecule has 1 aliphatic rings. The summed E-state index contributed by atoms with van der Waals surface area (Å²) < 4.78 is 14.0. The fraction of sp³-hybridized carbons (Fsp3) is 0.353. The van der Waals surface area contributed by atoms with Gasteiger partial charge in [0, 0.05) is 32.7 Å². The van der Waals surface area contributed by atoms with Crippen LogP contribution in [0.15, 0.2) is 30.6 Å². The van der Waals surface area contributed by atoms with Gasteiger partial charge in [-0.05, 0) is 24.6 Å². The van der Waals surface area contributed by atoms with Gasteiger partial charge in [0.1, 0.15) is 11.6 Å². The van der Waals surface area contributed by atoms with E-state index < -0.39 is 11.8 Å². The first-order chi connectivity index (χ1) is 12.1. The van der Waals surface area contributed by atoms with E-state index in [0.29, 0.717) is 11.5 Å². The molecule has 1 aliphatic heterocycles. The van der Waals surface area contributed by atoms with Crippen LogP contribution < -0.4 is 16.0 Å². The van der Waals surface area contributed by atoms with Crippen molar-refractivity contribution in [3.8, 4) is 0 Å². The van der Waals surface area contributed by atoms with Crippen molar-refractivity contribution in [2.75, 3.05) is 36.8 Å². The number of amides is 2. The Hall–Kier alpha value is -2.58. The molecule has 7 nitrogen and oxygen atoms in total. The van der Waals surface area contributed by atoms with Gasteiger partial charge in [-0.2, -0.15) is 0 Å². The van der Waals surface area contributed by atoms with E-state index in [1.54, 1.807) is 19.1 Å². The molecule has 3 N–H and O–H groups in total. The lowest BCUT2D eigenvalue weighted by atomic mass is 10.1. The molecule has 8 heteroatoms. The highest BCUT2D eigenvalue weighted by Gasteiger charge is 2.13. The second-order valence-corrected chi connectivity index (χ2v) is 5.94. The number of anilines is 2. The number of carbonyl (C=O) groups excluding carboxylic acids is 1. The third-order valence-corrected chi connectivity index (χ3v) is 3.93. The number of piperazine rings is 1. The number of nitrogens with one attached hydrogen (secondary N) is 3. The minimum absolute atomic E-state index is 0.151. The normalized spacial score (nSPS) is 15.0. The second-order valence-electron chi connectivity index (χ2n) is 5.94. The zero-order valence-corrected chi connectivity index (χ0v) is 14.1. The van der Waals surface area contributed by atoms with Crippen LogP contribution in [0.25, 0.3) is 0 Å². The Morgan fingerprint density at radius 2 is 1.96 bits per heavy atom. The second kappa shape index (κ2) is 8.00. The minimum Gasteiger partial charge on any atom is -0.314 e. The van der Waals surface area contributed by atoms with Crippen LogP contribution in [0.3, 0.4) is 0 Å². The van der Waals surface area contributed by atoms with Crippen LogP contribution in [0.5, 0.6) is 0 Å². The number of benzene rings is 1. The smallest absolute Gasteiger partial charge is 0.314 e. The van der Waals surface area contributed by atoms with Crippen LogP contribution in [0.2, 0.25) is 0 Å². The lowest BCUT2D eigenvalue weighted by Gasteiger charge is -2.27. The van der Waals surface area contributed by atoms with Crippen molar-refractivity contribution >= 4 is 17.4 Å². The molecule has 0 bridgehead atoms. The van der Waals surface area contributed by atoms with Crippen LogP contribution in [0.1, 0.15) is 11.4 Å². The predicted octanol–water partition coefficient (Wildman–Crippen LogP) is 1.97. The zero-order chi connectivity index (χ0) is 17.6. The topological polar surface area (TPSA) is 82.2 Å². The van der Waals surface area contributed by atoms with E-state index in [9.17, 15) is 9.18 Å². The van der Waals surface area contributed by atoms with E-state index >= 15 is 0 Å². The standard InChI is InChI=1S/C17H21FN6O/c1-12-20-9-14(10-21-12)22-17(25)23-16-8-13(2-3-15(16)18)11-24-6-4-19-5-7-24/h2-3,8-10,19H,4-7,11H2,1H3,(H2,22,23,25). The van der Waals surface area contributed by atoms with Crippen LogP contribution in [0.4, 0.5) is 20.6 Å². The molecule has 25 heavy (non-hydrogen) atoms. The monoisotopic (exact) mass is 344 g/mol. The molecular weight excluding hydrogens is 323 g/mol. The zero-order valence-electron chi connectivity index (χ0n) is 14.1. The summed E-state index contributed by atoms with van der Waals surface area (Å²) >= 11 is 0. The number of aryl methyl sites for hydroxylation is 1. The average Bonchev–Trinajstić information content (AvgIpc) is 2.61. The van der Waals surface area contributed by atoms with Crippen molar-refractivity contribution in [2.24, 2.45) is 0 Å². The molecule has 2 amide bonds. The van der Waals surface area contributed by atoms with Crippen molar-refractivity contribution in [1.29, 1.82) is 0 Å². The number of aromatic nitrogens is 2. The molecule has 132 valence electrons. The average molecular weight is 344 g/mol. The first kappa shape index (κ1) is 17.2. The molecule has 0 radical (unpaired) electrons. The molecule has 3 rings (SSSR count). The maximum Gasteiger partial charge on any atom is 0.323 e. The Morgan fingerprint density at radius 3 is 2.68 bits per heavy atom. The highest BCUT2D eigenvalue weighted by molar-refractivity contribution is 5.99. The Labute approximate surface area is 145 Å². The van der Waals surface area contributed by atoms with Gasteiger partial charge in [0.25, 0.3) is 0 Å². The molecule has 1 saturated heterocycles. The number of halogens is 1. The molecule has 2 aromatic rings. The van der Waals surface area contributed by atoms with Crippen molar-refractivity contribution in [2.45, 2.75) is 13.5 Å². The summed E-state index contributed by atoms with van der Waals surface area (Å²) in [5, 5.41) is 8.42. The van der Waals surface area contributed by atoms with Gasteiger partial charge < -0.3 is 16.0 Å². The summed E-state index contributed by atoms with van der Waals surface area (Å²) in [5.74, 6) is 0.136. The first-order valence-electron chi connectivity index (χ1n) is 8.18. The summed E-state index contributed by atoms with van der Waals surface area (Å²) in [6, 6.07) is 4.25. The largest absolute Gasteiger partial charge is 0.323 e. The number of rotatable bonds is 4. The lowest BCUT2D eigenvalue weighted by Crippen LogP contribution is -2.42. The summed E-state index contributed by atoms with van der Waals surface area (Å²) in [7, 11) is 0. The Bertz CT molecular complexity index is 730. The fourth-order valence-electron chi connectivity index (χ4n) is 2.64. The molecule has 2 heterocycles. The Morgan fingerprint density at radius 1 is 1.24 bits per heavy atom. The lowest BCUT2D eigenvalue weighted by molar-refractivity contribution is 0.233. The summed E-state index contributed by atoms with van der Waals surface area (Å²) in [6.07, 6.45) is 3.00. The Balaban J connectivity index is 1.63. The van der Waals surface area contributed by atoms with Crippen molar-refractivity contribution in [1.82, 2.24) is 20.2 Å². The summed E-state index contributed by atoms with van der Waals surface area (Å²) in [6.45, 7) is 6.29. The number of urea groups is 1. The van der Waals surface area contributed by atoms with E-state index in [1.165, 1.54) is 18.5 Å². The molecule has 0 atom stereocenters. The molecule has 0 saturated carbocycles. The van der Waals surface area contributed by atoms with Crippen LogP contribution in [0, 0.1) is 12.7 Å². The molecular formula is C17H21FN6O. The van der Waals surface area contributed by atoms with Gasteiger partial charge in [-0.3, -0.25) is 4.90 Å². The van der Waals surface area contributed by atoms with E-state index in [4.69, 9.17) is 0 Å². The first-order valence-corrected chi connectivity index (χ1v) is 8.18. The van der Waals surface area contributed by atoms with E-state index in [-0.39, 0.29) is 5.69 Å². The summed E-state index contributed by atoms with van der Waals surface area (Å²) in [5.41, 5.74) is 1.55. The highest BCUT2D eigenvalue weighted by Crippen LogP contribution is 2.18. The maximum absolute atomic E-state index is 14.0. The van der Waals surface area contributed by atoms with E-state index in [2.05, 4.69) is 30.8 Å². The number of nitrogens with zero attached hydrogens (tertiary/aromatic N) is 3. The predicted molar refractivity (Wildman–Crippen MR) is 94.0 cm³/mol.